The minimum atomic E-state index is -1.28. The van der Waals surface area contributed by atoms with Gasteiger partial charge >= 0.3 is 0 Å². The maximum Gasteiger partial charge on any atom is 0.230 e. The van der Waals surface area contributed by atoms with Gasteiger partial charge in [0.05, 0.1) is 18.9 Å². The molecule has 0 saturated carbocycles. The number of aliphatic carboxylic acids is 1. The van der Waals surface area contributed by atoms with E-state index in [1.807, 2.05) is 13.8 Å². The summed E-state index contributed by atoms with van der Waals surface area (Å²) in [4.78, 5) is 22.7. The smallest absolute Gasteiger partial charge is 0.230 e. The van der Waals surface area contributed by atoms with E-state index in [9.17, 15) is 19.1 Å². The molecule has 0 aliphatic heterocycles. The normalized spacial score (nSPS) is 12.2. The van der Waals surface area contributed by atoms with Crippen LogP contribution in [0.1, 0.15) is 20.3 Å². The van der Waals surface area contributed by atoms with Crippen LogP contribution in [0.25, 0.3) is 0 Å². The fourth-order valence-corrected chi connectivity index (χ4v) is 1.68. The zero-order valence-corrected chi connectivity index (χ0v) is 11.6. The van der Waals surface area contributed by atoms with Gasteiger partial charge in [0, 0.05) is 11.6 Å². The molecule has 0 radical (unpaired) electrons. The highest BCUT2D eigenvalue weighted by molar-refractivity contribution is 5.93. The Kier molecular flexibility index (Phi) is 6.11. The Labute approximate surface area is 117 Å². The van der Waals surface area contributed by atoms with Crippen LogP contribution in [-0.4, -0.2) is 24.5 Å². The lowest BCUT2D eigenvalue weighted by atomic mass is 10.1. The largest absolute Gasteiger partial charge is 0.544 e. The number of nitrogens with two attached hydrogens (primary N) is 1. The lowest BCUT2D eigenvalue weighted by Crippen LogP contribution is -2.94. The van der Waals surface area contributed by atoms with Crippen LogP contribution < -0.4 is 15.7 Å². The third-order valence-electron chi connectivity index (χ3n) is 2.71. The summed E-state index contributed by atoms with van der Waals surface area (Å²) < 4.78 is 13.0. The average Bonchev–Trinajstić information content (AvgIpc) is 2.33. The summed E-state index contributed by atoms with van der Waals surface area (Å²) in [7, 11) is 0. The van der Waals surface area contributed by atoms with Gasteiger partial charge in [0.25, 0.3) is 0 Å². The highest BCUT2D eigenvalue weighted by atomic mass is 19.1. The molecule has 20 heavy (non-hydrogen) atoms. The van der Waals surface area contributed by atoms with Crippen LogP contribution in [0.5, 0.6) is 0 Å². The Hall–Kier alpha value is -1.95. The first kappa shape index (κ1) is 16.1. The van der Waals surface area contributed by atoms with Crippen molar-refractivity contribution in [3.8, 4) is 0 Å². The summed E-state index contributed by atoms with van der Waals surface area (Å²) in [6.07, 6.45) is -0.217. The van der Waals surface area contributed by atoms with E-state index in [0.29, 0.717) is 18.2 Å². The minimum Gasteiger partial charge on any atom is -0.544 e. The van der Waals surface area contributed by atoms with Gasteiger partial charge in [-0.25, -0.2) is 4.39 Å². The monoisotopic (exact) mass is 282 g/mol. The number of carboxylic acids is 1. The molecule has 3 N–H and O–H groups in total. The van der Waals surface area contributed by atoms with Crippen LogP contribution in [0, 0.1) is 11.7 Å². The van der Waals surface area contributed by atoms with E-state index in [4.69, 9.17) is 0 Å². The van der Waals surface area contributed by atoms with Gasteiger partial charge in [-0.05, 0) is 18.2 Å². The van der Waals surface area contributed by atoms with Crippen LogP contribution in [-0.2, 0) is 9.59 Å². The number of nitrogens with one attached hydrogen (secondary N) is 1. The molecule has 0 saturated heterocycles. The number of halogens is 1. The second kappa shape index (κ2) is 7.59. The van der Waals surface area contributed by atoms with E-state index in [-0.39, 0.29) is 6.42 Å². The molecule has 1 rings (SSSR count). The molecule has 0 aliphatic rings. The van der Waals surface area contributed by atoms with Crippen molar-refractivity contribution in [2.24, 2.45) is 5.92 Å². The molecule has 0 aliphatic carbocycles. The Bertz CT molecular complexity index is 477. The highest BCUT2D eigenvalue weighted by Gasteiger charge is 2.18. The molecule has 1 aromatic carbocycles. The summed E-state index contributed by atoms with van der Waals surface area (Å²) in [5.41, 5.74) is 0.302. The van der Waals surface area contributed by atoms with Gasteiger partial charge in [-0.2, -0.15) is 0 Å². The van der Waals surface area contributed by atoms with Crippen molar-refractivity contribution < 1.29 is 24.4 Å². The summed E-state index contributed by atoms with van der Waals surface area (Å²) in [6, 6.07) is 4.49. The van der Waals surface area contributed by atoms with Crippen molar-refractivity contribution in [1.82, 2.24) is 0 Å². The molecule has 110 valence electrons. The number of quaternary nitrogens is 1. The number of hydrogen-bond acceptors (Lipinski definition) is 3. The number of carbonyl (C=O) groups is 2. The summed E-state index contributed by atoms with van der Waals surface area (Å²) >= 11 is 0. The number of carbonyl (C=O) groups excluding carboxylic acids is 2. The van der Waals surface area contributed by atoms with Crippen molar-refractivity contribution in [3.05, 3.63) is 30.1 Å². The summed E-state index contributed by atoms with van der Waals surface area (Å²) in [5, 5.41) is 15.0. The molecule has 1 aromatic rings. The number of hydrogen-bond donors (Lipinski definition) is 2. The molecule has 0 bridgehead atoms. The molecule has 0 unspecified atom stereocenters. The summed E-state index contributed by atoms with van der Waals surface area (Å²) in [6.45, 7) is 4.50. The fraction of sp³-hybridized carbons (Fsp3) is 0.429. The number of amides is 1. The summed E-state index contributed by atoms with van der Waals surface area (Å²) in [5.74, 6) is -1.92. The molecule has 0 heterocycles. The molecular weight excluding hydrogens is 263 g/mol. The molecule has 1 atom stereocenters. The lowest BCUT2D eigenvalue weighted by Gasteiger charge is -2.17. The molecule has 0 aromatic heterocycles. The maximum atomic E-state index is 13.0. The molecule has 1 amide bonds. The quantitative estimate of drug-likeness (QED) is 0.706. The first-order chi connectivity index (χ1) is 9.38. The molecule has 5 nitrogen and oxygen atoms in total. The number of rotatable bonds is 7. The van der Waals surface area contributed by atoms with Crippen LogP contribution in [0.4, 0.5) is 10.1 Å². The van der Waals surface area contributed by atoms with Crippen molar-refractivity contribution >= 4 is 17.6 Å². The van der Waals surface area contributed by atoms with E-state index in [2.05, 4.69) is 5.32 Å². The number of benzene rings is 1. The van der Waals surface area contributed by atoms with E-state index < -0.39 is 23.7 Å². The third kappa shape index (κ3) is 5.79. The minimum absolute atomic E-state index is 0.217. The number of anilines is 1. The van der Waals surface area contributed by atoms with E-state index >= 15 is 0 Å². The van der Waals surface area contributed by atoms with Crippen molar-refractivity contribution in [1.29, 1.82) is 0 Å². The zero-order chi connectivity index (χ0) is 15.1. The van der Waals surface area contributed by atoms with Crippen LogP contribution >= 0.6 is 0 Å². The second-order valence-electron chi connectivity index (χ2n) is 5.05. The van der Waals surface area contributed by atoms with E-state index in [1.165, 1.54) is 24.3 Å². The highest BCUT2D eigenvalue weighted by Crippen LogP contribution is 2.09. The van der Waals surface area contributed by atoms with Gasteiger partial charge in [0.1, 0.15) is 11.9 Å². The standard InChI is InChI=1S/C14H19FN2O3/c1-9(2)8-16-12(14(19)20)7-13(18)17-11-5-3-4-10(15)6-11/h3-6,9,12,16H,7-8H2,1-2H3,(H,17,18)(H,19,20)/t12-/m0/s1. The van der Waals surface area contributed by atoms with Crippen LogP contribution in [0.2, 0.25) is 0 Å². The van der Waals surface area contributed by atoms with Crippen molar-refractivity contribution in [3.63, 3.8) is 0 Å². The van der Waals surface area contributed by atoms with Gasteiger partial charge in [-0.15, -0.1) is 0 Å². The Balaban J connectivity index is 2.55. The van der Waals surface area contributed by atoms with Crippen LogP contribution in [0.15, 0.2) is 24.3 Å². The predicted octanol–water partition coefficient (Wildman–Crippen LogP) is -0.508. The zero-order valence-electron chi connectivity index (χ0n) is 11.6. The molecule has 6 heteroatoms. The first-order valence-corrected chi connectivity index (χ1v) is 6.48. The van der Waals surface area contributed by atoms with Gasteiger partial charge in [0.2, 0.25) is 5.91 Å². The maximum absolute atomic E-state index is 13.0. The first-order valence-electron chi connectivity index (χ1n) is 6.48. The van der Waals surface area contributed by atoms with Gasteiger partial charge in [-0.3, -0.25) is 4.79 Å². The van der Waals surface area contributed by atoms with Gasteiger partial charge in [0.15, 0.2) is 0 Å². The third-order valence-corrected chi connectivity index (χ3v) is 2.71. The van der Waals surface area contributed by atoms with Gasteiger partial charge < -0.3 is 20.5 Å². The molecule has 0 fully saturated rings. The lowest BCUT2D eigenvalue weighted by molar-refractivity contribution is -0.686. The topological polar surface area (TPSA) is 85.8 Å². The van der Waals surface area contributed by atoms with E-state index in [0.717, 1.165) is 0 Å². The Morgan fingerprint density at radius 1 is 1.40 bits per heavy atom. The predicted molar refractivity (Wildman–Crippen MR) is 70.1 cm³/mol. The fourth-order valence-electron chi connectivity index (χ4n) is 1.68. The average molecular weight is 282 g/mol. The Morgan fingerprint density at radius 2 is 2.10 bits per heavy atom. The van der Waals surface area contributed by atoms with Crippen LogP contribution in [0.3, 0.4) is 0 Å². The SMILES string of the molecule is CC(C)C[NH2+][C@@H](CC(=O)Nc1cccc(F)c1)C(=O)[O-]. The number of carboxylic acid groups (broad SMARTS) is 1. The second-order valence-corrected chi connectivity index (χ2v) is 5.05. The van der Waals surface area contributed by atoms with Crippen molar-refractivity contribution in [2.75, 3.05) is 11.9 Å². The molecular formula is C14H19FN2O3. The van der Waals surface area contributed by atoms with Crippen molar-refractivity contribution in [2.45, 2.75) is 26.3 Å². The Morgan fingerprint density at radius 3 is 2.65 bits per heavy atom. The van der Waals surface area contributed by atoms with Gasteiger partial charge in [-0.1, -0.05) is 19.9 Å². The molecule has 0 spiro atoms. The van der Waals surface area contributed by atoms with E-state index in [1.54, 1.807) is 5.32 Å².